The van der Waals surface area contributed by atoms with E-state index in [-0.39, 0.29) is 5.69 Å². The van der Waals surface area contributed by atoms with Crippen LogP contribution in [0.5, 0.6) is 0 Å². The molecule has 0 saturated carbocycles. The molecule has 0 saturated heterocycles. The van der Waals surface area contributed by atoms with E-state index in [0.29, 0.717) is 5.01 Å². The minimum atomic E-state index is -1.24. The van der Waals surface area contributed by atoms with Crippen LogP contribution in [-0.4, -0.2) is 22.7 Å². The molecule has 0 fully saturated rings. The van der Waals surface area contributed by atoms with Crippen molar-refractivity contribution < 1.29 is 14.9 Å². The molecule has 0 aliphatic rings. The summed E-state index contributed by atoms with van der Waals surface area (Å²) in [6, 6.07) is 7.86. The van der Waals surface area contributed by atoms with Crippen LogP contribution in [0.1, 0.15) is 0 Å². The quantitative estimate of drug-likeness (QED) is 0.568. The molecule has 1 aromatic rings. The van der Waals surface area contributed by atoms with Gasteiger partial charge in [0.15, 0.2) is 11.6 Å². The Balaban J connectivity index is 2.89. The van der Waals surface area contributed by atoms with Gasteiger partial charge in [0.25, 0.3) is 0 Å². The summed E-state index contributed by atoms with van der Waals surface area (Å²) in [5.41, 5.74) is 0.250. The van der Waals surface area contributed by atoms with E-state index in [9.17, 15) is 14.9 Å². The average molecular weight is 196 g/mol. The molecule has 0 amide bonds. The maximum Gasteiger partial charge on any atom is 0.329 e. The zero-order valence-electron chi connectivity index (χ0n) is 7.16. The van der Waals surface area contributed by atoms with E-state index in [0.717, 1.165) is 0 Å². The zero-order chi connectivity index (χ0) is 10.6. The predicted octanol–water partition coefficient (Wildman–Crippen LogP) is 0.769. The summed E-state index contributed by atoms with van der Waals surface area (Å²) in [5.74, 6) is -1.24. The van der Waals surface area contributed by atoms with Crippen LogP contribution < -0.4 is 5.01 Å². The summed E-state index contributed by atoms with van der Waals surface area (Å²) in [7, 11) is 0. The molecule has 0 aliphatic heterocycles. The van der Waals surface area contributed by atoms with E-state index in [4.69, 9.17) is 5.11 Å². The van der Waals surface area contributed by atoms with Crippen LogP contribution in [0.3, 0.4) is 0 Å². The molecule has 0 bridgehead atoms. The van der Waals surface area contributed by atoms with Gasteiger partial charge < -0.3 is 5.11 Å². The monoisotopic (exact) mass is 196 g/mol. The van der Waals surface area contributed by atoms with Gasteiger partial charge in [-0.1, -0.05) is 23.2 Å². The number of hydrazine groups is 1. The molecule has 0 aliphatic carbocycles. The number of hydrogen-bond donors (Lipinski definition) is 1. The minimum Gasteiger partial charge on any atom is -0.480 e. The van der Waals surface area contributed by atoms with Gasteiger partial charge in [-0.15, -0.1) is 0 Å². The van der Waals surface area contributed by atoms with Crippen LogP contribution >= 0.6 is 0 Å². The molecule has 0 heterocycles. The highest BCUT2D eigenvalue weighted by molar-refractivity contribution is 5.72. The van der Waals surface area contributed by atoms with E-state index in [1.54, 1.807) is 18.2 Å². The summed E-state index contributed by atoms with van der Waals surface area (Å²) in [6.07, 6.45) is 0. The molecule has 1 aromatic carbocycles. The number of rotatable bonds is 4. The van der Waals surface area contributed by atoms with Crippen molar-refractivity contribution in [3.63, 3.8) is 0 Å². The third-order valence-electron chi connectivity index (χ3n) is 1.54. The minimum absolute atomic E-state index is 0.250. The fourth-order valence-electron chi connectivity index (χ4n) is 0.971. The number of aliphatic carboxylic acids is 1. The number of hydrogen-bond acceptors (Lipinski definition) is 3. The van der Waals surface area contributed by atoms with Crippen molar-refractivity contribution in [1.82, 2.24) is 0 Å². The number of para-hydroxylation sites is 1. The summed E-state index contributed by atoms with van der Waals surface area (Å²) >= 11 is 0. The Morgan fingerprint density at radius 1 is 1.43 bits per heavy atom. The van der Waals surface area contributed by atoms with Crippen molar-refractivity contribution in [2.75, 3.05) is 11.6 Å². The van der Waals surface area contributed by atoms with Crippen LogP contribution in [0.2, 0.25) is 0 Å². The molecule has 0 radical (unpaired) electrons. The first-order valence-electron chi connectivity index (χ1n) is 3.80. The molecular weight excluding hydrogens is 188 g/mol. The Morgan fingerprint density at radius 2 is 2.00 bits per heavy atom. The molecule has 0 atom stereocenters. The molecular formula is C8H8N2O4. The van der Waals surface area contributed by atoms with Crippen LogP contribution in [0.25, 0.3) is 0 Å². The van der Waals surface area contributed by atoms with E-state index < -0.39 is 17.5 Å². The molecule has 0 aromatic heterocycles. The first kappa shape index (κ1) is 9.97. The highest BCUT2D eigenvalue weighted by Crippen LogP contribution is 2.12. The van der Waals surface area contributed by atoms with Gasteiger partial charge in [-0.05, 0) is 12.1 Å². The van der Waals surface area contributed by atoms with Gasteiger partial charge >= 0.3 is 5.97 Å². The standard InChI is InChI=1S/C8H8N2O4/c11-8(12)6-9(10(13)14)7-4-2-1-3-5-7/h1-5H,6H2,(H,11,12). The van der Waals surface area contributed by atoms with Gasteiger partial charge in [0.2, 0.25) is 0 Å². The fraction of sp³-hybridized carbons (Fsp3) is 0.125. The Kier molecular flexibility index (Phi) is 3.01. The molecule has 6 heteroatoms. The van der Waals surface area contributed by atoms with Crippen LogP contribution in [-0.2, 0) is 4.79 Å². The van der Waals surface area contributed by atoms with Crippen molar-refractivity contribution in [3.8, 4) is 0 Å². The Hall–Kier alpha value is -2.11. The lowest BCUT2D eigenvalue weighted by atomic mass is 10.3. The van der Waals surface area contributed by atoms with Gasteiger partial charge in [-0.3, -0.25) is 4.79 Å². The largest absolute Gasteiger partial charge is 0.480 e. The first-order valence-corrected chi connectivity index (χ1v) is 3.80. The molecule has 14 heavy (non-hydrogen) atoms. The van der Waals surface area contributed by atoms with Gasteiger partial charge in [0, 0.05) is 0 Å². The van der Waals surface area contributed by atoms with Crippen molar-refractivity contribution >= 4 is 11.7 Å². The van der Waals surface area contributed by atoms with Crippen LogP contribution in [0, 0.1) is 10.1 Å². The fourth-order valence-corrected chi connectivity index (χ4v) is 0.971. The first-order chi connectivity index (χ1) is 6.61. The zero-order valence-corrected chi connectivity index (χ0v) is 7.16. The number of carboxylic acid groups (broad SMARTS) is 1. The van der Waals surface area contributed by atoms with Gasteiger partial charge in [0.05, 0.1) is 0 Å². The van der Waals surface area contributed by atoms with Crippen molar-refractivity contribution in [1.29, 1.82) is 0 Å². The predicted molar refractivity (Wildman–Crippen MR) is 48.4 cm³/mol. The Labute approximate surface area is 79.5 Å². The molecule has 6 nitrogen and oxygen atoms in total. The highest BCUT2D eigenvalue weighted by atomic mass is 16.7. The Bertz CT molecular complexity index is 338. The SMILES string of the molecule is O=C(O)CN(c1ccccc1)[N+](=O)[O-]. The van der Waals surface area contributed by atoms with E-state index >= 15 is 0 Å². The highest BCUT2D eigenvalue weighted by Gasteiger charge is 2.19. The number of nitro groups is 1. The second-order valence-electron chi connectivity index (χ2n) is 2.52. The maximum atomic E-state index is 10.5. The number of nitrogens with zero attached hydrogens (tertiary/aromatic N) is 2. The number of anilines is 1. The molecule has 74 valence electrons. The normalized spacial score (nSPS) is 9.43. The summed E-state index contributed by atoms with van der Waals surface area (Å²) in [5, 5.41) is 18.8. The van der Waals surface area contributed by atoms with Gasteiger partial charge in [-0.25, -0.2) is 10.1 Å². The lowest BCUT2D eigenvalue weighted by Crippen LogP contribution is -2.34. The number of benzene rings is 1. The number of carboxylic acids is 1. The third kappa shape index (κ3) is 2.44. The lowest BCUT2D eigenvalue weighted by Gasteiger charge is -2.10. The van der Waals surface area contributed by atoms with Crippen LogP contribution in [0.15, 0.2) is 30.3 Å². The summed E-state index contributed by atoms with van der Waals surface area (Å²) < 4.78 is 0. The lowest BCUT2D eigenvalue weighted by molar-refractivity contribution is -0.493. The van der Waals surface area contributed by atoms with Crippen molar-refractivity contribution in [3.05, 3.63) is 40.4 Å². The van der Waals surface area contributed by atoms with E-state index in [1.807, 2.05) is 0 Å². The van der Waals surface area contributed by atoms with Crippen LogP contribution in [0.4, 0.5) is 5.69 Å². The average Bonchev–Trinajstić information content (AvgIpc) is 2.15. The maximum absolute atomic E-state index is 10.5. The molecule has 0 spiro atoms. The van der Waals surface area contributed by atoms with Crippen molar-refractivity contribution in [2.24, 2.45) is 0 Å². The van der Waals surface area contributed by atoms with Gasteiger partial charge in [0.1, 0.15) is 5.69 Å². The molecule has 1 rings (SSSR count). The number of carbonyl (C=O) groups is 1. The topological polar surface area (TPSA) is 83.7 Å². The Morgan fingerprint density at radius 3 is 2.43 bits per heavy atom. The second-order valence-corrected chi connectivity index (χ2v) is 2.52. The molecule has 0 unspecified atom stereocenters. The summed E-state index contributed by atoms with van der Waals surface area (Å²) in [6.45, 7) is -0.656. The van der Waals surface area contributed by atoms with Crippen molar-refractivity contribution in [2.45, 2.75) is 0 Å². The second kappa shape index (κ2) is 4.22. The summed E-state index contributed by atoms with van der Waals surface area (Å²) in [4.78, 5) is 20.8. The third-order valence-corrected chi connectivity index (χ3v) is 1.54. The molecule has 1 N–H and O–H groups in total. The van der Waals surface area contributed by atoms with E-state index in [1.165, 1.54) is 12.1 Å². The van der Waals surface area contributed by atoms with Gasteiger partial charge in [-0.2, -0.15) is 0 Å². The smallest absolute Gasteiger partial charge is 0.329 e. The van der Waals surface area contributed by atoms with E-state index in [2.05, 4.69) is 0 Å².